The number of likely N-dealkylation sites (N-methyl/N-ethyl adjacent to an activating group) is 1. The number of aromatic hydroxyl groups is 1. The molecule has 3 aromatic rings. The minimum absolute atomic E-state index is 0.298. The van der Waals surface area contributed by atoms with Crippen molar-refractivity contribution in [2.45, 2.75) is 0 Å². The number of phenolic OH excluding ortho intramolecular Hbond substituents is 1. The molecule has 0 atom stereocenters. The number of aromatic amines is 1. The summed E-state index contributed by atoms with van der Waals surface area (Å²) >= 11 is 0. The molecule has 1 aliphatic heterocycles. The van der Waals surface area contributed by atoms with Crippen molar-refractivity contribution in [2.24, 2.45) is 0 Å². The van der Waals surface area contributed by atoms with E-state index in [1.165, 1.54) is 0 Å². The van der Waals surface area contributed by atoms with Crippen LogP contribution in [0, 0.1) is 0 Å². The van der Waals surface area contributed by atoms with Gasteiger partial charge in [-0.15, -0.1) is 0 Å². The maximum Gasteiger partial charge on any atom is 0.203 e. The van der Waals surface area contributed by atoms with Crippen LogP contribution in [0.5, 0.6) is 5.75 Å². The normalized spacial score (nSPS) is 16.9. The number of piperazine rings is 1. The second-order valence-corrected chi connectivity index (χ2v) is 5.69. The number of nitrogens with one attached hydrogen (secondary N) is 1. The zero-order valence-corrected chi connectivity index (χ0v) is 12.0. The van der Waals surface area contributed by atoms with Crippen molar-refractivity contribution >= 4 is 27.8 Å². The molecule has 0 unspecified atom stereocenters. The minimum atomic E-state index is 0.298. The molecule has 1 aliphatic rings. The lowest BCUT2D eigenvalue weighted by Gasteiger charge is -2.32. The second-order valence-electron chi connectivity index (χ2n) is 5.69. The van der Waals surface area contributed by atoms with Gasteiger partial charge < -0.3 is 19.9 Å². The van der Waals surface area contributed by atoms with Crippen molar-refractivity contribution in [1.82, 2.24) is 14.9 Å². The molecular formula is C16H18N4O. The maximum absolute atomic E-state index is 10.2. The van der Waals surface area contributed by atoms with Gasteiger partial charge >= 0.3 is 0 Å². The number of H-pyrrole nitrogens is 1. The Balaban J connectivity index is 1.84. The molecule has 4 rings (SSSR count). The summed E-state index contributed by atoms with van der Waals surface area (Å²) in [5, 5.41) is 12.0. The highest BCUT2D eigenvalue weighted by Gasteiger charge is 2.18. The molecule has 5 nitrogen and oxygen atoms in total. The van der Waals surface area contributed by atoms with Crippen molar-refractivity contribution in [3.63, 3.8) is 0 Å². The Morgan fingerprint density at radius 2 is 1.81 bits per heavy atom. The Hall–Kier alpha value is -2.27. The molecule has 2 heterocycles. The number of hydrogen-bond acceptors (Lipinski definition) is 4. The lowest BCUT2D eigenvalue weighted by atomic mass is 10.1. The number of nitrogens with zero attached hydrogens (tertiary/aromatic N) is 3. The summed E-state index contributed by atoms with van der Waals surface area (Å²) in [7, 11) is 2.14. The van der Waals surface area contributed by atoms with E-state index < -0.39 is 0 Å². The average molecular weight is 282 g/mol. The molecule has 0 spiro atoms. The molecule has 1 saturated heterocycles. The van der Waals surface area contributed by atoms with Crippen LogP contribution in [0.25, 0.3) is 21.8 Å². The molecule has 0 bridgehead atoms. The molecule has 2 N–H and O–H groups in total. The number of rotatable bonds is 1. The Morgan fingerprint density at radius 1 is 1.10 bits per heavy atom. The fourth-order valence-corrected chi connectivity index (χ4v) is 2.98. The average Bonchev–Trinajstić information content (AvgIpc) is 2.92. The molecule has 0 saturated carbocycles. The Morgan fingerprint density at radius 3 is 2.57 bits per heavy atom. The Kier molecular flexibility index (Phi) is 2.75. The van der Waals surface area contributed by atoms with Gasteiger partial charge in [-0.1, -0.05) is 24.3 Å². The molecule has 0 amide bonds. The Labute approximate surface area is 122 Å². The van der Waals surface area contributed by atoms with Crippen LogP contribution in [0.1, 0.15) is 0 Å². The third-order valence-corrected chi connectivity index (χ3v) is 4.26. The van der Waals surface area contributed by atoms with Crippen molar-refractivity contribution < 1.29 is 5.11 Å². The smallest absolute Gasteiger partial charge is 0.203 e. The van der Waals surface area contributed by atoms with E-state index in [1.807, 2.05) is 24.3 Å². The number of benzene rings is 2. The van der Waals surface area contributed by atoms with E-state index in [1.54, 1.807) is 6.07 Å². The van der Waals surface area contributed by atoms with E-state index in [2.05, 4.69) is 21.8 Å². The van der Waals surface area contributed by atoms with Crippen LogP contribution in [0.2, 0.25) is 0 Å². The molecule has 1 fully saturated rings. The van der Waals surface area contributed by atoms with Gasteiger partial charge in [-0.3, -0.25) is 0 Å². The summed E-state index contributed by atoms with van der Waals surface area (Å²) in [6.07, 6.45) is 0. The zero-order valence-electron chi connectivity index (χ0n) is 12.0. The first kappa shape index (κ1) is 12.5. The zero-order chi connectivity index (χ0) is 14.4. The quantitative estimate of drug-likeness (QED) is 0.718. The molecule has 5 heteroatoms. The van der Waals surface area contributed by atoms with Gasteiger partial charge in [-0.25, -0.2) is 4.98 Å². The maximum atomic E-state index is 10.2. The van der Waals surface area contributed by atoms with E-state index in [9.17, 15) is 5.11 Å². The summed E-state index contributed by atoms with van der Waals surface area (Å²) in [5.41, 5.74) is 1.82. The first-order valence-corrected chi connectivity index (χ1v) is 7.26. The molecule has 108 valence electrons. The summed E-state index contributed by atoms with van der Waals surface area (Å²) in [6.45, 7) is 4.03. The molecule has 21 heavy (non-hydrogen) atoms. The lowest BCUT2D eigenvalue weighted by Crippen LogP contribution is -2.44. The van der Waals surface area contributed by atoms with Crippen LogP contribution in [0.3, 0.4) is 0 Å². The monoisotopic (exact) mass is 282 g/mol. The fourth-order valence-electron chi connectivity index (χ4n) is 2.98. The lowest BCUT2D eigenvalue weighted by molar-refractivity contribution is 0.311. The predicted octanol–water partition coefficient (Wildman–Crippen LogP) is 2.17. The summed E-state index contributed by atoms with van der Waals surface area (Å²) in [4.78, 5) is 12.7. The van der Waals surface area contributed by atoms with Gasteiger partial charge in [0.1, 0.15) is 5.75 Å². The van der Waals surface area contributed by atoms with Crippen LogP contribution < -0.4 is 4.90 Å². The molecular weight excluding hydrogens is 264 g/mol. The fraction of sp³-hybridized carbons (Fsp3) is 0.312. The predicted molar refractivity (Wildman–Crippen MR) is 85.0 cm³/mol. The highest BCUT2D eigenvalue weighted by molar-refractivity contribution is 6.07. The van der Waals surface area contributed by atoms with Gasteiger partial charge in [0.05, 0.1) is 11.0 Å². The van der Waals surface area contributed by atoms with Gasteiger partial charge in [-0.2, -0.15) is 0 Å². The van der Waals surface area contributed by atoms with Crippen molar-refractivity contribution in [2.75, 3.05) is 38.1 Å². The molecule has 0 radical (unpaired) electrons. The number of phenols is 1. The highest BCUT2D eigenvalue weighted by atomic mass is 16.3. The van der Waals surface area contributed by atoms with Crippen molar-refractivity contribution in [1.29, 1.82) is 0 Å². The van der Waals surface area contributed by atoms with Gasteiger partial charge in [-0.05, 0) is 7.05 Å². The van der Waals surface area contributed by atoms with Gasteiger partial charge in [0.25, 0.3) is 0 Å². The largest absolute Gasteiger partial charge is 0.507 e. The number of aromatic nitrogens is 2. The van der Waals surface area contributed by atoms with Gasteiger partial charge in [0.15, 0.2) is 0 Å². The van der Waals surface area contributed by atoms with E-state index in [0.29, 0.717) is 5.75 Å². The Bertz CT molecular complexity index is 802. The number of anilines is 1. The third-order valence-electron chi connectivity index (χ3n) is 4.26. The highest BCUT2D eigenvalue weighted by Crippen LogP contribution is 2.32. The molecule has 0 aliphatic carbocycles. The van der Waals surface area contributed by atoms with E-state index in [0.717, 1.165) is 53.9 Å². The first-order valence-electron chi connectivity index (χ1n) is 7.26. The van der Waals surface area contributed by atoms with Crippen LogP contribution in [-0.4, -0.2) is 53.2 Å². The van der Waals surface area contributed by atoms with Crippen molar-refractivity contribution in [3.05, 3.63) is 30.3 Å². The van der Waals surface area contributed by atoms with Crippen LogP contribution in [0.15, 0.2) is 30.3 Å². The van der Waals surface area contributed by atoms with Crippen molar-refractivity contribution in [3.8, 4) is 5.75 Å². The van der Waals surface area contributed by atoms with Crippen LogP contribution in [-0.2, 0) is 0 Å². The van der Waals surface area contributed by atoms with Gasteiger partial charge in [0, 0.05) is 43.0 Å². The molecule has 1 aromatic heterocycles. The minimum Gasteiger partial charge on any atom is -0.507 e. The van der Waals surface area contributed by atoms with E-state index in [4.69, 9.17) is 4.98 Å². The number of fused-ring (bicyclic) bond motifs is 3. The van der Waals surface area contributed by atoms with Gasteiger partial charge in [0.2, 0.25) is 5.95 Å². The van der Waals surface area contributed by atoms with E-state index >= 15 is 0 Å². The number of imidazole rings is 1. The summed E-state index contributed by atoms with van der Waals surface area (Å²) in [6, 6.07) is 9.61. The topological polar surface area (TPSA) is 55.4 Å². The first-order chi connectivity index (χ1) is 10.2. The molecule has 2 aromatic carbocycles. The summed E-state index contributed by atoms with van der Waals surface area (Å²) < 4.78 is 0. The second kappa shape index (κ2) is 4.63. The standard InChI is InChI=1S/C16H18N4O/c1-19-6-8-20(9-7-19)16-17-13-10-14(21)11-4-2-3-5-12(11)15(13)18-16/h2-5,10,21H,6-9H2,1H3,(H,17,18). The van der Waals surface area contributed by atoms with Crippen LogP contribution >= 0.6 is 0 Å². The SMILES string of the molecule is CN1CCN(c2nc3c(cc(O)c4ccccc43)[nH]2)CC1. The van der Waals surface area contributed by atoms with E-state index in [-0.39, 0.29) is 0 Å². The summed E-state index contributed by atoms with van der Waals surface area (Å²) in [5.74, 6) is 1.19. The number of hydrogen-bond donors (Lipinski definition) is 2. The third kappa shape index (κ3) is 2.01. The van der Waals surface area contributed by atoms with Crippen LogP contribution in [0.4, 0.5) is 5.95 Å².